The number of carbonyl (C=O) groups excluding carboxylic acids is 1. The number of aliphatic carboxylic acids is 1. The molecule has 0 aromatic carbocycles. The number of Topliss-reactive ketones (excluding diaryl/α,β-unsaturated/α-hetero) is 1. The number of nitrogens with zero attached hydrogens (tertiary/aromatic N) is 2. The second-order valence-electron chi connectivity index (χ2n) is 4.35. The molecule has 1 aliphatic carbocycles. The van der Waals surface area contributed by atoms with Crippen LogP contribution in [0.5, 0.6) is 0 Å². The van der Waals surface area contributed by atoms with Crippen molar-refractivity contribution < 1.29 is 14.7 Å². The lowest BCUT2D eigenvalue weighted by molar-refractivity contribution is -0.146. The quantitative estimate of drug-likeness (QED) is 0.806. The lowest BCUT2D eigenvalue weighted by atomic mass is 9.71. The number of rotatable bonds is 2. The van der Waals surface area contributed by atoms with Crippen LogP contribution in [0.1, 0.15) is 31.4 Å². The van der Waals surface area contributed by atoms with Crippen LogP contribution in [0, 0.1) is 0 Å². The SMILES string of the molecule is Cn1cnc(C2(C(=O)O)CCC(=O)CC2)c1. The molecular weight excluding hydrogens is 208 g/mol. The predicted molar refractivity (Wildman–Crippen MR) is 56.0 cm³/mol. The maximum atomic E-state index is 11.4. The zero-order valence-corrected chi connectivity index (χ0v) is 9.14. The Balaban J connectivity index is 2.36. The smallest absolute Gasteiger partial charge is 0.315 e. The third-order valence-corrected chi connectivity index (χ3v) is 3.27. The van der Waals surface area contributed by atoms with E-state index >= 15 is 0 Å². The first-order valence-electron chi connectivity index (χ1n) is 5.28. The standard InChI is InChI=1S/C11H14N2O3/c1-13-6-9(12-7-13)11(10(15)16)4-2-8(14)3-5-11/h6-7H,2-5H2,1H3,(H,15,16). The highest BCUT2D eigenvalue weighted by molar-refractivity contribution is 5.87. The zero-order valence-electron chi connectivity index (χ0n) is 9.14. The summed E-state index contributed by atoms with van der Waals surface area (Å²) in [6, 6.07) is 0. The van der Waals surface area contributed by atoms with E-state index in [9.17, 15) is 14.7 Å². The average Bonchev–Trinajstić information content (AvgIpc) is 2.66. The van der Waals surface area contributed by atoms with Crippen LogP contribution < -0.4 is 0 Å². The van der Waals surface area contributed by atoms with Gasteiger partial charge in [0, 0.05) is 26.1 Å². The van der Waals surface area contributed by atoms with E-state index in [1.165, 1.54) is 0 Å². The molecule has 0 bridgehead atoms. The lowest BCUT2D eigenvalue weighted by Crippen LogP contribution is -2.40. The summed E-state index contributed by atoms with van der Waals surface area (Å²) in [5.74, 6) is -0.730. The lowest BCUT2D eigenvalue weighted by Gasteiger charge is -2.30. The maximum absolute atomic E-state index is 11.4. The largest absolute Gasteiger partial charge is 0.481 e. The van der Waals surface area contributed by atoms with Gasteiger partial charge in [0.05, 0.1) is 12.0 Å². The van der Waals surface area contributed by atoms with Crippen LogP contribution in [0.15, 0.2) is 12.5 Å². The topological polar surface area (TPSA) is 72.2 Å². The third-order valence-electron chi connectivity index (χ3n) is 3.27. The van der Waals surface area contributed by atoms with Gasteiger partial charge in [-0.1, -0.05) is 0 Å². The highest BCUT2D eigenvalue weighted by Crippen LogP contribution is 2.37. The normalized spacial score (nSPS) is 19.7. The summed E-state index contributed by atoms with van der Waals surface area (Å²) in [4.78, 5) is 26.8. The highest BCUT2D eigenvalue weighted by Gasteiger charge is 2.44. The number of imidazole rings is 1. The molecule has 1 aromatic heterocycles. The van der Waals surface area contributed by atoms with Crippen LogP contribution in [-0.2, 0) is 22.1 Å². The van der Waals surface area contributed by atoms with E-state index in [0.29, 0.717) is 31.4 Å². The fourth-order valence-electron chi connectivity index (χ4n) is 2.20. The molecule has 86 valence electrons. The molecular formula is C11H14N2O3. The molecule has 1 aromatic rings. The van der Waals surface area contributed by atoms with Crippen LogP contribution in [-0.4, -0.2) is 26.4 Å². The molecule has 5 heteroatoms. The third kappa shape index (κ3) is 1.62. The fourth-order valence-corrected chi connectivity index (χ4v) is 2.20. The Morgan fingerprint density at radius 2 is 2.12 bits per heavy atom. The van der Waals surface area contributed by atoms with E-state index in [0.717, 1.165) is 0 Å². The first-order chi connectivity index (χ1) is 7.54. The molecule has 0 amide bonds. The minimum atomic E-state index is -0.963. The summed E-state index contributed by atoms with van der Waals surface area (Å²) in [6.07, 6.45) is 4.71. The molecule has 2 rings (SSSR count). The Morgan fingerprint density at radius 1 is 1.50 bits per heavy atom. The summed E-state index contributed by atoms with van der Waals surface area (Å²) >= 11 is 0. The molecule has 0 radical (unpaired) electrons. The van der Waals surface area contributed by atoms with Gasteiger partial charge in [0.25, 0.3) is 0 Å². The Labute approximate surface area is 93.1 Å². The maximum Gasteiger partial charge on any atom is 0.315 e. The number of aryl methyl sites for hydroxylation is 1. The molecule has 1 fully saturated rings. The van der Waals surface area contributed by atoms with E-state index < -0.39 is 11.4 Å². The fraction of sp³-hybridized carbons (Fsp3) is 0.545. The number of aromatic nitrogens is 2. The van der Waals surface area contributed by atoms with Gasteiger partial charge >= 0.3 is 5.97 Å². The number of carbonyl (C=O) groups is 2. The highest BCUT2D eigenvalue weighted by atomic mass is 16.4. The summed E-state index contributed by atoms with van der Waals surface area (Å²) < 4.78 is 1.73. The van der Waals surface area contributed by atoms with Gasteiger partial charge in [0.15, 0.2) is 0 Å². The molecule has 0 saturated heterocycles. The Kier molecular flexibility index (Phi) is 2.53. The van der Waals surface area contributed by atoms with E-state index in [1.807, 2.05) is 0 Å². The van der Waals surface area contributed by atoms with Crippen LogP contribution in [0.2, 0.25) is 0 Å². The molecule has 1 saturated carbocycles. The average molecular weight is 222 g/mol. The van der Waals surface area contributed by atoms with Gasteiger partial charge in [0.1, 0.15) is 11.2 Å². The molecule has 16 heavy (non-hydrogen) atoms. The van der Waals surface area contributed by atoms with Gasteiger partial charge < -0.3 is 9.67 Å². The molecule has 0 atom stereocenters. The van der Waals surface area contributed by atoms with Crippen molar-refractivity contribution >= 4 is 11.8 Å². The summed E-state index contributed by atoms with van der Waals surface area (Å²) in [7, 11) is 1.81. The molecule has 0 spiro atoms. The second-order valence-corrected chi connectivity index (χ2v) is 4.35. The molecule has 0 aliphatic heterocycles. The van der Waals surface area contributed by atoms with Crippen molar-refractivity contribution in [1.29, 1.82) is 0 Å². The van der Waals surface area contributed by atoms with Crippen molar-refractivity contribution in [2.45, 2.75) is 31.1 Å². The van der Waals surface area contributed by atoms with E-state index in [4.69, 9.17) is 0 Å². The van der Waals surface area contributed by atoms with Crippen molar-refractivity contribution in [3.05, 3.63) is 18.2 Å². The van der Waals surface area contributed by atoms with Crippen LogP contribution in [0.3, 0.4) is 0 Å². The Bertz CT molecular complexity index is 426. The van der Waals surface area contributed by atoms with E-state index in [2.05, 4.69) is 4.98 Å². The minimum absolute atomic E-state index is 0.146. The van der Waals surface area contributed by atoms with Crippen molar-refractivity contribution in [2.75, 3.05) is 0 Å². The van der Waals surface area contributed by atoms with Gasteiger partial charge in [-0.15, -0.1) is 0 Å². The number of carboxylic acid groups (broad SMARTS) is 1. The van der Waals surface area contributed by atoms with Crippen LogP contribution >= 0.6 is 0 Å². The van der Waals surface area contributed by atoms with Gasteiger partial charge in [-0.2, -0.15) is 0 Å². The van der Waals surface area contributed by atoms with Gasteiger partial charge in [-0.25, -0.2) is 4.98 Å². The van der Waals surface area contributed by atoms with E-state index in [-0.39, 0.29) is 5.78 Å². The Morgan fingerprint density at radius 3 is 2.56 bits per heavy atom. The van der Waals surface area contributed by atoms with Crippen LogP contribution in [0.25, 0.3) is 0 Å². The number of carboxylic acids is 1. The van der Waals surface area contributed by atoms with Crippen molar-refractivity contribution in [3.63, 3.8) is 0 Å². The minimum Gasteiger partial charge on any atom is -0.481 e. The van der Waals surface area contributed by atoms with Crippen molar-refractivity contribution in [1.82, 2.24) is 9.55 Å². The summed E-state index contributed by atoms with van der Waals surface area (Å²) in [6.45, 7) is 0. The summed E-state index contributed by atoms with van der Waals surface area (Å²) in [5, 5.41) is 9.38. The first kappa shape index (κ1) is 10.9. The number of ketones is 1. The molecule has 0 unspecified atom stereocenters. The molecule has 1 N–H and O–H groups in total. The van der Waals surface area contributed by atoms with E-state index in [1.54, 1.807) is 24.1 Å². The van der Waals surface area contributed by atoms with Crippen molar-refractivity contribution in [3.8, 4) is 0 Å². The van der Waals surface area contributed by atoms with Crippen molar-refractivity contribution in [2.24, 2.45) is 7.05 Å². The molecule has 1 aliphatic rings. The van der Waals surface area contributed by atoms with Crippen LogP contribution in [0.4, 0.5) is 0 Å². The molecule has 5 nitrogen and oxygen atoms in total. The second kappa shape index (κ2) is 3.73. The zero-order chi connectivity index (χ0) is 11.8. The van der Waals surface area contributed by atoms with Gasteiger partial charge in [0.2, 0.25) is 0 Å². The number of hydrogen-bond acceptors (Lipinski definition) is 3. The van der Waals surface area contributed by atoms with Gasteiger partial charge in [-0.05, 0) is 12.8 Å². The first-order valence-corrected chi connectivity index (χ1v) is 5.28. The monoisotopic (exact) mass is 222 g/mol. The summed E-state index contributed by atoms with van der Waals surface area (Å²) in [5.41, 5.74) is -0.398. The predicted octanol–water partition coefficient (Wildman–Crippen LogP) is 0.886. The van der Waals surface area contributed by atoms with Gasteiger partial charge in [-0.3, -0.25) is 9.59 Å². The molecule has 1 heterocycles. The number of hydrogen-bond donors (Lipinski definition) is 1. The Hall–Kier alpha value is -1.65.